The third kappa shape index (κ3) is 5.25. The predicted octanol–water partition coefficient (Wildman–Crippen LogP) is 4.06. The molecule has 7 nitrogen and oxygen atoms in total. The fourth-order valence-electron chi connectivity index (χ4n) is 3.45. The van der Waals surface area contributed by atoms with Crippen LogP contribution in [-0.4, -0.2) is 41.6 Å². The van der Waals surface area contributed by atoms with Crippen LogP contribution in [0.25, 0.3) is 0 Å². The van der Waals surface area contributed by atoms with Gasteiger partial charge in [-0.3, -0.25) is 0 Å². The average molecular weight is 427 g/mol. The zero-order chi connectivity index (χ0) is 22.0. The summed E-state index contributed by atoms with van der Waals surface area (Å²) in [7, 11) is 0. The van der Waals surface area contributed by atoms with Crippen LogP contribution in [0.2, 0.25) is 0 Å². The number of amides is 2. The molecule has 0 aromatic heterocycles. The summed E-state index contributed by atoms with van der Waals surface area (Å²) in [5.41, 5.74) is 2.14. The fraction of sp³-hybridized carbons (Fsp3) is 0.391. The summed E-state index contributed by atoms with van der Waals surface area (Å²) in [6.45, 7) is 6.67. The number of carbonyl (C=O) groups is 1. The molecule has 8 heteroatoms. The third-order valence-corrected chi connectivity index (χ3v) is 4.92. The number of nitrogens with one attached hydrogen (secondary N) is 1. The van der Waals surface area contributed by atoms with E-state index in [0.717, 1.165) is 16.8 Å². The van der Waals surface area contributed by atoms with E-state index in [9.17, 15) is 9.18 Å². The zero-order valence-electron chi connectivity index (χ0n) is 17.9. The van der Waals surface area contributed by atoms with Gasteiger partial charge >= 0.3 is 6.03 Å². The highest BCUT2D eigenvalue weighted by atomic mass is 19.1. The van der Waals surface area contributed by atoms with Crippen LogP contribution in [0.5, 0.6) is 11.5 Å². The molecular formula is C23H26FN3O4. The van der Waals surface area contributed by atoms with Crippen molar-refractivity contribution in [2.75, 3.05) is 13.3 Å². The molecule has 1 unspecified atom stereocenters. The Labute approximate surface area is 180 Å². The smallest absolute Gasteiger partial charge is 0.318 e. The van der Waals surface area contributed by atoms with Crippen molar-refractivity contribution in [3.05, 3.63) is 59.4 Å². The van der Waals surface area contributed by atoms with Crippen molar-refractivity contribution in [2.45, 2.75) is 45.4 Å². The Morgan fingerprint density at radius 1 is 1.16 bits per heavy atom. The van der Waals surface area contributed by atoms with Crippen molar-refractivity contribution >= 4 is 11.7 Å². The number of nitrogens with zero attached hydrogens (tertiary/aromatic N) is 2. The minimum atomic E-state index is -0.386. The predicted molar refractivity (Wildman–Crippen MR) is 114 cm³/mol. The molecule has 31 heavy (non-hydrogen) atoms. The molecule has 0 aliphatic carbocycles. The minimum absolute atomic E-state index is 0.211. The molecule has 2 aromatic carbocycles. The Bertz CT molecular complexity index is 985. The first kappa shape index (κ1) is 21.0. The lowest BCUT2D eigenvalue weighted by Crippen LogP contribution is -2.50. The number of hydrogen-bond acceptors (Lipinski definition) is 5. The van der Waals surface area contributed by atoms with E-state index in [2.05, 4.69) is 10.5 Å². The molecule has 2 aromatic rings. The van der Waals surface area contributed by atoms with Crippen LogP contribution < -0.4 is 14.8 Å². The number of benzene rings is 2. The average Bonchev–Trinajstić information content (AvgIpc) is 3.36. The summed E-state index contributed by atoms with van der Waals surface area (Å²) in [6.07, 6.45) is 0.272. The lowest BCUT2D eigenvalue weighted by atomic mass is 10.0. The number of hydrogen-bond donors (Lipinski definition) is 1. The second-order valence-electron chi connectivity index (χ2n) is 8.72. The molecule has 4 rings (SSSR count). The maximum absolute atomic E-state index is 13.3. The van der Waals surface area contributed by atoms with E-state index < -0.39 is 0 Å². The molecule has 0 saturated carbocycles. The van der Waals surface area contributed by atoms with Gasteiger partial charge < -0.3 is 24.5 Å². The number of carbonyl (C=O) groups excluding carboxylic acids is 1. The van der Waals surface area contributed by atoms with E-state index in [-0.39, 0.29) is 30.3 Å². The number of ether oxygens (including phenoxy) is 2. The topological polar surface area (TPSA) is 72.4 Å². The number of halogens is 1. The van der Waals surface area contributed by atoms with Crippen LogP contribution in [0, 0.1) is 5.82 Å². The summed E-state index contributed by atoms with van der Waals surface area (Å²) >= 11 is 0. The Morgan fingerprint density at radius 3 is 2.65 bits per heavy atom. The SMILES string of the molecule is CC(C)(C)NC(=O)N(Cc1ccc(F)cc1)CC1CC(c2ccc3c(c2)OCO3)=NO1. The lowest BCUT2D eigenvalue weighted by molar-refractivity contribution is 0.0580. The molecule has 2 heterocycles. The van der Waals surface area contributed by atoms with E-state index in [1.807, 2.05) is 39.0 Å². The van der Waals surface area contributed by atoms with E-state index in [4.69, 9.17) is 14.3 Å². The van der Waals surface area contributed by atoms with E-state index >= 15 is 0 Å². The van der Waals surface area contributed by atoms with Gasteiger partial charge in [0.15, 0.2) is 17.6 Å². The standard InChI is InChI=1S/C23H26FN3O4/c1-23(2,3)25-22(28)27(12-15-4-7-17(24)8-5-15)13-18-11-19(26-31-18)16-6-9-20-21(10-16)30-14-29-20/h4-10,18H,11-14H2,1-3H3,(H,25,28). The Kier molecular flexibility index (Phi) is 5.71. The van der Waals surface area contributed by atoms with Gasteiger partial charge in [-0.2, -0.15) is 0 Å². The second-order valence-corrected chi connectivity index (χ2v) is 8.72. The van der Waals surface area contributed by atoms with Gasteiger partial charge in [-0.1, -0.05) is 17.3 Å². The van der Waals surface area contributed by atoms with Gasteiger partial charge in [0, 0.05) is 24.1 Å². The molecule has 0 spiro atoms. The first-order chi connectivity index (χ1) is 14.8. The summed E-state index contributed by atoms with van der Waals surface area (Å²) in [4.78, 5) is 20.2. The highest BCUT2D eigenvalue weighted by Crippen LogP contribution is 2.33. The van der Waals surface area contributed by atoms with E-state index in [1.54, 1.807) is 17.0 Å². The lowest BCUT2D eigenvalue weighted by Gasteiger charge is -2.29. The molecule has 0 radical (unpaired) electrons. The highest BCUT2D eigenvalue weighted by Gasteiger charge is 2.29. The van der Waals surface area contributed by atoms with Gasteiger partial charge in [0.1, 0.15) is 5.82 Å². The van der Waals surface area contributed by atoms with Crippen LogP contribution in [-0.2, 0) is 11.4 Å². The van der Waals surface area contributed by atoms with Crippen molar-refractivity contribution in [2.24, 2.45) is 5.16 Å². The highest BCUT2D eigenvalue weighted by molar-refractivity contribution is 6.01. The summed E-state index contributed by atoms with van der Waals surface area (Å²) < 4.78 is 24.1. The van der Waals surface area contributed by atoms with Crippen LogP contribution in [0.4, 0.5) is 9.18 Å². The normalized spacial score (nSPS) is 17.2. The van der Waals surface area contributed by atoms with Crippen molar-refractivity contribution in [3.63, 3.8) is 0 Å². The monoisotopic (exact) mass is 427 g/mol. The van der Waals surface area contributed by atoms with Gasteiger partial charge in [0.25, 0.3) is 0 Å². The van der Waals surface area contributed by atoms with Gasteiger partial charge in [0.05, 0.1) is 12.3 Å². The van der Waals surface area contributed by atoms with E-state index in [1.165, 1.54) is 12.1 Å². The first-order valence-corrected chi connectivity index (χ1v) is 10.2. The van der Waals surface area contributed by atoms with Crippen molar-refractivity contribution < 1.29 is 23.5 Å². The van der Waals surface area contributed by atoms with Gasteiger partial charge in [-0.15, -0.1) is 0 Å². The van der Waals surface area contributed by atoms with Crippen molar-refractivity contribution in [1.29, 1.82) is 0 Å². The van der Waals surface area contributed by atoms with Crippen LogP contribution in [0.3, 0.4) is 0 Å². The van der Waals surface area contributed by atoms with Gasteiger partial charge in [0.2, 0.25) is 6.79 Å². The molecule has 0 saturated heterocycles. The molecule has 1 N–H and O–H groups in total. The largest absolute Gasteiger partial charge is 0.454 e. The molecule has 0 bridgehead atoms. The molecule has 0 fully saturated rings. The number of rotatable bonds is 5. The van der Waals surface area contributed by atoms with E-state index in [0.29, 0.717) is 31.0 Å². The molecule has 2 aliphatic heterocycles. The van der Waals surface area contributed by atoms with Gasteiger partial charge in [-0.05, 0) is 56.7 Å². The molecule has 2 aliphatic rings. The molecule has 1 atom stereocenters. The minimum Gasteiger partial charge on any atom is -0.454 e. The zero-order valence-corrected chi connectivity index (χ0v) is 17.9. The number of urea groups is 1. The first-order valence-electron chi connectivity index (χ1n) is 10.2. The molecule has 164 valence electrons. The Hall–Kier alpha value is -3.29. The number of oxime groups is 1. The fourth-order valence-corrected chi connectivity index (χ4v) is 3.45. The number of fused-ring (bicyclic) bond motifs is 1. The summed E-state index contributed by atoms with van der Waals surface area (Å²) in [5, 5.41) is 7.22. The summed E-state index contributed by atoms with van der Waals surface area (Å²) in [6, 6.07) is 11.6. The third-order valence-electron chi connectivity index (χ3n) is 4.92. The quantitative estimate of drug-likeness (QED) is 0.781. The van der Waals surface area contributed by atoms with Crippen LogP contribution in [0.1, 0.15) is 38.3 Å². The second kappa shape index (κ2) is 8.45. The maximum Gasteiger partial charge on any atom is 0.318 e. The van der Waals surface area contributed by atoms with Gasteiger partial charge in [-0.25, -0.2) is 9.18 Å². The van der Waals surface area contributed by atoms with Crippen LogP contribution >= 0.6 is 0 Å². The molecular weight excluding hydrogens is 401 g/mol. The van der Waals surface area contributed by atoms with Crippen molar-refractivity contribution in [3.8, 4) is 11.5 Å². The summed E-state index contributed by atoms with van der Waals surface area (Å²) in [5.74, 6) is 1.09. The maximum atomic E-state index is 13.3. The van der Waals surface area contributed by atoms with Crippen molar-refractivity contribution in [1.82, 2.24) is 10.2 Å². The van der Waals surface area contributed by atoms with Crippen LogP contribution in [0.15, 0.2) is 47.6 Å². The Morgan fingerprint density at radius 2 is 1.90 bits per heavy atom. The Balaban J connectivity index is 1.44. The molecule has 2 amide bonds.